The molecule has 2 nitrogen and oxygen atoms in total. The first-order chi connectivity index (χ1) is 5.34. The van der Waals surface area contributed by atoms with Gasteiger partial charge in [0.05, 0.1) is 6.61 Å². The van der Waals surface area contributed by atoms with Gasteiger partial charge in [0.15, 0.2) is 0 Å². The van der Waals surface area contributed by atoms with Crippen molar-refractivity contribution in [1.82, 2.24) is 5.06 Å². The van der Waals surface area contributed by atoms with Crippen LogP contribution in [-0.2, 0) is 4.84 Å². The van der Waals surface area contributed by atoms with Crippen LogP contribution in [0.4, 0.5) is 0 Å². The standard InChI is InChI=1S/C9H19NO/c1-3-4-5-8-11-10(2)9-6-7-9/h9H,3-8H2,1-2H3. The molecule has 0 unspecified atom stereocenters. The molecule has 0 aromatic heterocycles. The summed E-state index contributed by atoms with van der Waals surface area (Å²) in [5, 5.41) is 2.02. The van der Waals surface area contributed by atoms with E-state index in [0.717, 1.165) is 12.6 Å². The summed E-state index contributed by atoms with van der Waals surface area (Å²) in [6.45, 7) is 3.12. The Morgan fingerprint density at radius 1 is 1.36 bits per heavy atom. The molecule has 1 aliphatic carbocycles. The van der Waals surface area contributed by atoms with Gasteiger partial charge in [0.2, 0.25) is 0 Å². The highest BCUT2D eigenvalue weighted by Gasteiger charge is 2.26. The Kier molecular flexibility index (Phi) is 3.87. The maximum atomic E-state index is 5.50. The normalized spacial score (nSPS) is 17.7. The summed E-state index contributed by atoms with van der Waals surface area (Å²) in [6.07, 6.45) is 6.41. The minimum Gasteiger partial charge on any atom is -0.299 e. The Morgan fingerprint density at radius 2 is 2.09 bits per heavy atom. The van der Waals surface area contributed by atoms with Gasteiger partial charge in [-0.3, -0.25) is 4.84 Å². The number of unbranched alkanes of at least 4 members (excludes halogenated alkanes) is 2. The third kappa shape index (κ3) is 3.73. The van der Waals surface area contributed by atoms with Crippen LogP contribution in [0.1, 0.15) is 39.0 Å². The van der Waals surface area contributed by atoms with Crippen molar-refractivity contribution >= 4 is 0 Å². The molecule has 0 bridgehead atoms. The van der Waals surface area contributed by atoms with E-state index < -0.39 is 0 Å². The van der Waals surface area contributed by atoms with Crippen molar-refractivity contribution in [2.24, 2.45) is 0 Å². The van der Waals surface area contributed by atoms with Crippen molar-refractivity contribution in [3.8, 4) is 0 Å². The maximum absolute atomic E-state index is 5.50. The third-order valence-electron chi connectivity index (χ3n) is 2.10. The van der Waals surface area contributed by atoms with Crippen LogP contribution in [0.3, 0.4) is 0 Å². The molecule has 1 rings (SSSR count). The van der Waals surface area contributed by atoms with Gasteiger partial charge >= 0.3 is 0 Å². The third-order valence-corrected chi connectivity index (χ3v) is 2.10. The van der Waals surface area contributed by atoms with E-state index in [2.05, 4.69) is 6.92 Å². The average Bonchev–Trinajstić information content (AvgIpc) is 2.79. The quantitative estimate of drug-likeness (QED) is 0.433. The van der Waals surface area contributed by atoms with Crippen LogP contribution < -0.4 is 0 Å². The van der Waals surface area contributed by atoms with Crippen molar-refractivity contribution in [3.05, 3.63) is 0 Å². The highest BCUT2D eigenvalue weighted by atomic mass is 16.7. The molecule has 0 aromatic rings. The number of rotatable bonds is 6. The lowest BCUT2D eigenvalue weighted by Gasteiger charge is -2.14. The predicted octanol–water partition coefficient (Wildman–Crippen LogP) is 2.20. The van der Waals surface area contributed by atoms with Gasteiger partial charge in [-0.05, 0) is 19.3 Å². The Labute approximate surface area is 69.5 Å². The molecule has 66 valence electrons. The second-order valence-corrected chi connectivity index (χ2v) is 3.32. The summed E-state index contributed by atoms with van der Waals surface area (Å²) in [6, 6.07) is 0.733. The first kappa shape index (κ1) is 9.01. The van der Waals surface area contributed by atoms with E-state index in [4.69, 9.17) is 4.84 Å². The summed E-state index contributed by atoms with van der Waals surface area (Å²) in [7, 11) is 2.05. The van der Waals surface area contributed by atoms with Gasteiger partial charge in [-0.25, -0.2) is 0 Å². The minimum atomic E-state index is 0.733. The minimum absolute atomic E-state index is 0.733. The van der Waals surface area contributed by atoms with Gasteiger partial charge in [-0.15, -0.1) is 0 Å². The summed E-state index contributed by atoms with van der Waals surface area (Å²) in [5.41, 5.74) is 0. The highest BCUT2D eigenvalue weighted by Crippen LogP contribution is 2.25. The summed E-state index contributed by atoms with van der Waals surface area (Å²) >= 11 is 0. The average molecular weight is 157 g/mol. The number of nitrogens with zero attached hydrogens (tertiary/aromatic N) is 1. The van der Waals surface area contributed by atoms with Gasteiger partial charge in [-0.2, -0.15) is 5.06 Å². The largest absolute Gasteiger partial charge is 0.299 e. The van der Waals surface area contributed by atoms with Crippen molar-refractivity contribution in [3.63, 3.8) is 0 Å². The lowest BCUT2D eigenvalue weighted by Crippen LogP contribution is -2.21. The zero-order chi connectivity index (χ0) is 8.10. The smallest absolute Gasteiger partial charge is 0.0685 e. The van der Waals surface area contributed by atoms with Crippen LogP contribution in [0.5, 0.6) is 0 Å². The van der Waals surface area contributed by atoms with E-state index in [1.165, 1.54) is 32.1 Å². The van der Waals surface area contributed by atoms with Gasteiger partial charge in [0.25, 0.3) is 0 Å². The summed E-state index contributed by atoms with van der Waals surface area (Å²) < 4.78 is 0. The summed E-state index contributed by atoms with van der Waals surface area (Å²) in [5.74, 6) is 0. The van der Waals surface area contributed by atoms with Crippen LogP contribution in [0, 0.1) is 0 Å². The Bertz CT molecular complexity index is 102. The predicted molar refractivity (Wildman–Crippen MR) is 46.3 cm³/mol. The van der Waals surface area contributed by atoms with Gasteiger partial charge in [0, 0.05) is 13.1 Å². The van der Waals surface area contributed by atoms with Crippen LogP contribution in [-0.4, -0.2) is 24.8 Å². The second kappa shape index (κ2) is 4.73. The molecule has 1 aliphatic rings. The molecule has 0 amide bonds. The van der Waals surface area contributed by atoms with E-state index in [1.807, 2.05) is 12.1 Å². The molecule has 11 heavy (non-hydrogen) atoms. The van der Waals surface area contributed by atoms with Crippen molar-refractivity contribution < 1.29 is 4.84 Å². The zero-order valence-electron chi connectivity index (χ0n) is 7.68. The van der Waals surface area contributed by atoms with Gasteiger partial charge in [-0.1, -0.05) is 19.8 Å². The number of hydrogen-bond donors (Lipinski definition) is 0. The van der Waals surface area contributed by atoms with Crippen LogP contribution >= 0.6 is 0 Å². The molecular weight excluding hydrogens is 138 g/mol. The molecule has 0 N–H and O–H groups in total. The first-order valence-electron chi connectivity index (χ1n) is 4.70. The molecule has 0 atom stereocenters. The van der Waals surface area contributed by atoms with E-state index in [9.17, 15) is 0 Å². The molecule has 0 saturated heterocycles. The molecule has 0 aliphatic heterocycles. The Balaban J connectivity index is 1.85. The summed E-state index contributed by atoms with van der Waals surface area (Å²) in [4.78, 5) is 5.50. The van der Waals surface area contributed by atoms with E-state index in [1.54, 1.807) is 0 Å². The molecule has 0 radical (unpaired) electrons. The van der Waals surface area contributed by atoms with Crippen LogP contribution in [0.2, 0.25) is 0 Å². The number of hydroxylamine groups is 2. The maximum Gasteiger partial charge on any atom is 0.0685 e. The van der Waals surface area contributed by atoms with Crippen molar-refractivity contribution in [1.29, 1.82) is 0 Å². The topological polar surface area (TPSA) is 12.5 Å². The first-order valence-corrected chi connectivity index (χ1v) is 4.70. The highest BCUT2D eigenvalue weighted by molar-refractivity contribution is 4.78. The van der Waals surface area contributed by atoms with E-state index in [0.29, 0.717) is 0 Å². The van der Waals surface area contributed by atoms with Crippen LogP contribution in [0.15, 0.2) is 0 Å². The fourth-order valence-electron chi connectivity index (χ4n) is 1.10. The van der Waals surface area contributed by atoms with Gasteiger partial charge in [0.1, 0.15) is 0 Å². The Morgan fingerprint density at radius 3 is 2.64 bits per heavy atom. The monoisotopic (exact) mass is 157 g/mol. The molecule has 0 aromatic carbocycles. The molecule has 1 fully saturated rings. The van der Waals surface area contributed by atoms with Crippen molar-refractivity contribution in [2.45, 2.75) is 45.1 Å². The van der Waals surface area contributed by atoms with Crippen molar-refractivity contribution in [2.75, 3.05) is 13.7 Å². The molecule has 0 heterocycles. The zero-order valence-corrected chi connectivity index (χ0v) is 7.68. The van der Waals surface area contributed by atoms with Crippen LogP contribution in [0.25, 0.3) is 0 Å². The molecule has 1 saturated carbocycles. The lowest BCUT2D eigenvalue weighted by molar-refractivity contribution is -0.147. The SMILES string of the molecule is CCCCCON(C)C1CC1. The lowest BCUT2D eigenvalue weighted by atomic mass is 10.3. The van der Waals surface area contributed by atoms with Gasteiger partial charge < -0.3 is 0 Å². The Hall–Kier alpha value is -0.0800. The molecule has 0 spiro atoms. The fraction of sp³-hybridized carbons (Fsp3) is 1.00. The molecular formula is C9H19NO. The van der Waals surface area contributed by atoms with E-state index in [-0.39, 0.29) is 0 Å². The number of hydrogen-bond acceptors (Lipinski definition) is 2. The van der Waals surface area contributed by atoms with E-state index >= 15 is 0 Å². The molecule has 2 heteroatoms. The second-order valence-electron chi connectivity index (χ2n) is 3.32. The fourth-order valence-corrected chi connectivity index (χ4v) is 1.10.